The van der Waals surface area contributed by atoms with E-state index in [-0.39, 0.29) is 11.7 Å². The van der Waals surface area contributed by atoms with Crippen LogP contribution in [0.2, 0.25) is 0 Å². The van der Waals surface area contributed by atoms with Gasteiger partial charge in [0, 0.05) is 13.1 Å². The van der Waals surface area contributed by atoms with Crippen molar-refractivity contribution in [3.63, 3.8) is 0 Å². The summed E-state index contributed by atoms with van der Waals surface area (Å²) in [7, 11) is 0. The molecule has 3 rings (SSSR count). The average Bonchev–Trinajstić information content (AvgIpc) is 3.28. The monoisotopic (exact) mass is 342 g/mol. The topological polar surface area (TPSA) is 36.7 Å². The molecule has 1 saturated heterocycles. The lowest BCUT2D eigenvalue weighted by molar-refractivity contribution is 0.0727. The number of likely N-dealkylation sites (tertiary alicyclic amines) is 1. The smallest absolute Gasteiger partial charge is 0.290 e. The SMILES string of the molecule is C=CCN(Cc1ccc(F)cc1)C(=O)c1ccc(CN2CCCC2)o1. The number of carbonyl (C=O) groups excluding carboxylic acids is 1. The summed E-state index contributed by atoms with van der Waals surface area (Å²) in [5.41, 5.74) is 0.862. The highest BCUT2D eigenvalue weighted by atomic mass is 19.1. The van der Waals surface area contributed by atoms with E-state index in [0.29, 0.717) is 18.8 Å². The van der Waals surface area contributed by atoms with Gasteiger partial charge in [-0.1, -0.05) is 18.2 Å². The van der Waals surface area contributed by atoms with Crippen molar-refractivity contribution in [2.75, 3.05) is 19.6 Å². The third-order valence-corrected chi connectivity index (χ3v) is 4.37. The molecule has 1 aromatic carbocycles. The third-order valence-electron chi connectivity index (χ3n) is 4.37. The van der Waals surface area contributed by atoms with Crippen molar-refractivity contribution in [2.24, 2.45) is 0 Å². The van der Waals surface area contributed by atoms with Gasteiger partial charge in [-0.05, 0) is 55.8 Å². The molecule has 1 amide bonds. The summed E-state index contributed by atoms with van der Waals surface area (Å²) in [5.74, 6) is 0.670. The number of amides is 1. The molecule has 0 unspecified atom stereocenters. The lowest BCUT2D eigenvalue weighted by Gasteiger charge is -2.20. The largest absolute Gasteiger partial charge is 0.455 e. The first-order chi connectivity index (χ1) is 12.2. The van der Waals surface area contributed by atoms with Crippen LogP contribution in [-0.4, -0.2) is 35.3 Å². The molecular weight excluding hydrogens is 319 g/mol. The van der Waals surface area contributed by atoms with E-state index in [1.54, 1.807) is 29.2 Å². The van der Waals surface area contributed by atoms with E-state index < -0.39 is 0 Å². The van der Waals surface area contributed by atoms with Gasteiger partial charge in [-0.25, -0.2) is 4.39 Å². The van der Waals surface area contributed by atoms with E-state index in [0.717, 1.165) is 31.0 Å². The zero-order valence-corrected chi connectivity index (χ0v) is 14.3. The molecule has 5 heteroatoms. The number of hydrogen-bond acceptors (Lipinski definition) is 3. The Kier molecular flexibility index (Phi) is 5.66. The Morgan fingerprint density at radius 2 is 1.92 bits per heavy atom. The molecule has 2 heterocycles. The van der Waals surface area contributed by atoms with Crippen molar-refractivity contribution in [3.8, 4) is 0 Å². The maximum Gasteiger partial charge on any atom is 0.290 e. The molecular formula is C20H23FN2O2. The fraction of sp³-hybridized carbons (Fsp3) is 0.350. The van der Waals surface area contributed by atoms with E-state index in [1.165, 1.54) is 25.0 Å². The van der Waals surface area contributed by atoms with E-state index in [9.17, 15) is 9.18 Å². The maximum absolute atomic E-state index is 13.0. The minimum Gasteiger partial charge on any atom is -0.455 e. The van der Waals surface area contributed by atoms with Crippen LogP contribution in [0.25, 0.3) is 0 Å². The Balaban J connectivity index is 1.68. The second kappa shape index (κ2) is 8.12. The van der Waals surface area contributed by atoms with E-state index >= 15 is 0 Å². The second-order valence-corrected chi connectivity index (χ2v) is 6.35. The summed E-state index contributed by atoms with van der Waals surface area (Å²) < 4.78 is 18.8. The van der Waals surface area contributed by atoms with Crippen molar-refractivity contribution >= 4 is 5.91 Å². The summed E-state index contributed by atoms with van der Waals surface area (Å²) in [6.07, 6.45) is 4.12. The molecule has 4 nitrogen and oxygen atoms in total. The van der Waals surface area contributed by atoms with Crippen LogP contribution in [-0.2, 0) is 13.1 Å². The summed E-state index contributed by atoms with van der Waals surface area (Å²) in [6.45, 7) is 7.40. The van der Waals surface area contributed by atoms with Gasteiger partial charge in [0.15, 0.2) is 5.76 Å². The molecule has 0 aliphatic carbocycles. The molecule has 0 atom stereocenters. The Morgan fingerprint density at radius 3 is 2.60 bits per heavy atom. The van der Waals surface area contributed by atoms with Gasteiger partial charge in [-0.3, -0.25) is 9.69 Å². The molecule has 0 saturated carbocycles. The predicted octanol–water partition coefficient (Wildman–Crippen LogP) is 3.84. The van der Waals surface area contributed by atoms with Crippen molar-refractivity contribution in [2.45, 2.75) is 25.9 Å². The molecule has 0 spiro atoms. The van der Waals surface area contributed by atoms with Crippen LogP contribution in [0.1, 0.15) is 34.7 Å². The van der Waals surface area contributed by atoms with Crippen molar-refractivity contribution in [1.29, 1.82) is 0 Å². The highest BCUT2D eigenvalue weighted by Gasteiger charge is 2.20. The van der Waals surface area contributed by atoms with Gasteiger partial charge in [0.2, 0.25) is 0 Å². The standard InChI is InChI=1S/C20H23FN2O2/c1-2-11-23(14-16-5-7-17(21)8-6-16)20(24)19-10-9-18(25-19)15-22-12-3-4-13-22/h2,5-10H,1,3-4,11-15H2. The molecule has 0 N–H and O–H groups in total. The van der Waals surface area contributed by atoms with Crippen LogP contribution in [0.5, 0.6) is 0 Å². The Hall–Kier alpha value is -2.40. The maximum atomic E-state index is 13.0. The fourth-order valence-corrected chi connectivity index (χ4v) is 3.08. The average molecular weight is 342 g/mol. The molecule has 1 aliphatic rings. The van der Waals surface area contributed by atoms with E-state index in [4.69, 9.17) is 4.42 Å². The van der Waals surface area contributed by atoms with Crippen molar-refractivity contribution < 1.29 is 13.6 Å². The third kappa shape index (κ3) is 4.57. The lowest BCUT2D eigenvalue weighted by Crippen LogP contribution is -2.30. The first kappa shape index (κ1) is 17.4. The van der Waals surface area contributed by atoms with Gasteiger partial charge in [0.1, 0.15) is 11.6 Å². The fourth-order valence-electron chi connectivity index (χ4n) is 3.08. The number of halogens is 1. The van der Waals surface area contributed by atoms with Gasteiger partial charge >= 0.3 is 0 Å². The minimum absolute atomic E-state index is 0.183. The molecule has 25 heavy (non-hydrogen) atoms. The Bertz CT molecular complexity index is 718. The molecule has 0 bridgehead atoms. The van der Waals surface area contributed by atoms with Crippen molar-refractivity contribution in [3.05, 3.63) is 72.0 Å². The Morgan fingerprint density at radius 1 is 1.20 bits per heavy atom. The zero-order valence-electron chi connectivity index (χ0n) is 14.3. The summed E-state index contributed by atoms with van der Waals surface area (Å²) in [5, 5.41) is 0. The van der Waals surface area contributed by atoms with Crippen LogP contribution in [0.3, 0.4) is 0 Å². The first-order valence-electron chi connectivity index (χ1n) is 8.61. The highest BCUT2D eigenvalue weighted by Crippen LogP contribution is 2.17. The molecule has 132 valence electrons. The van der Waals surface area contributed by atoms with Crippen LogP contribution < -0.4 is 0 Å². The molecule has 1 aromatic heterocycles. The quantitative estimate of drug-likeness (QED) is 0.717. The van der Waals surface area contributed by atoms with Crippen molar-refractivity contribution in [1.82, 2.24) is 9.80 Å². The lowest BCUT2D eigenvalue weighted by atomic mass is 10.2. The summed E-state index contributed by atoms with van der Waals surface area (Å²) >= 11 is 0. The van der Waals surface area contributed by atoms with Crippen LogP contribution in [0.15, 0.2) is 53.5 Å². The number of hydrogen-bond donors (Lipinski definition) is 0. The van der Waals surface area contributed by atoms with Gasteiger partial charge in [0.05, 0.1) is 6.54 Å². The van der Waals surface area contributed by atoms with Crippen LogP contribution in [0.4, 0.5) is 4.39 Å². The van der Waals surface area contributed by atoms with Crippen LogP contribution in [0, 0.1) is 5.82 Å². The van der Waals surface area contributed by atoms with Crippen LogP contribution >= 0.6 is 0 Å². The number of benzene rings is 1. The molecule has 0 radical (unpaired) electrons. The van der Waals surface area contributed by atoms with E-state index in [1.807, 2.05) is 6.07 Å². The second-order valence-electron chi connectivity index (χ2n) is 6.35. The number of nitrogens with zero attached hydrogens (tertiary/aromatic N) is 2. The predicted molar refractivity (Wildman–Crippen MR) is 94.6 cm³/mol. The number of furan rings is 1. The minimum atomic E-state index is -0.289. The van der Waals surface area contributed by atoms with Gasteiger partial charge in [0.25, 0.3) is 5.91 Å². The van der Waals surface area contributed by atoms with Gasteiger partial charge < -0.3 is 9.32 Å². The van der Waals surface area contributed by atoms with Gasteiger partial charge in [-0.2, -0.15) is 0 Å². The molecule has 1 aliphatic heterocycles. The zero-order chi connectivity index (χ0) is 17.6. The molecule has 2 aromatic rings. The van der Waals surface area contributed by atoms with Gasteiger partial charge in [-0.15, -0.1) is 6.58 Å². The van der Waals surface area contributed by atoms with E-state index in [2.05, 4.69) is 11.5 Å². The normalized spacial score (nSPS) is 14.6. The summed E-state index contributed by atoms with van der Waals surface area (Å²) in [6, 6.07) is 9.75. The molecule has 1 fully saturated rings. The number of rotatable bonds is 7. The number of carbonyl (C=O) groups is 1. The highest BCUT2D eigenvalue weighted by molar-refractivity contribution is 5.91. The first-order valence-corrected chi connectivity index (χ1v) is 8.61. The summed E-state index contributed by atoms with van der Waals surface area (Å²) in [4.78, 5) is 16.7. The Labute approximate surface area is 147 Å².